The van der Waals surface area contributed by atoms with Crippen LogP contribution in [0.3, 0.4) is 0 Å². The van der Waals surface area contributed by atoms with Crippen LogP contribution in [0.2, 0.25) is 0 Å². The molecule has 1 atom stereocenters. The van der Waals surface area contributed by atoms with E-state index in [4.69, 9.17) is 5.84 Å². The number of hydrogen-bond acceptors (Lipinski definition) is 3. The van der Waals surface area contributed by atoms with E-state index in [1.165, 1.54) is 12.1 Å². The Morgan fingerprint density at radius 1 is 1.40 bits per heavy atom. The number of para-hydroxylation sites is 1. The molecule has 0 saturated heterocycles. The average Bonchev–Trinajstić information content (AvgIpc) is 3.20. The third-order valence-electron chi connectivity index (χ3n) is 3.45. The summed E-state index contributed by atoms with van der Waals surface area (Å²) in [6.45, 7) is 1.85. The van der Waals surface area contributed by atoms with Gasteiger partial charge < -0.3 is 10.7 Å². The second kappa shape index (κ2) is 5.32. The van der Waals surface area contributed by atoms with Gasteiger partial charge in [-0.15, -0.1) is 0 Å². The van der Waals surface area contributed by atoms with Crippen LogP contribution in [0.15, 0.2) is 18.2 Å². The zero-order chi connectivity index (χ0) is 14.9. The van der Waals surface area contributed by atoms with Crippen LogP contribution in [0.4, 0.5) is 18.9 Å². The van der Waals surface area contributed by atoms with Crippen molar-refractivity contribution in [2.75, 3.05) is 5.43 Å². The molecule has 4 nitrogen and oxygen atoms in total. The van der Waals surface area contributed by atoms with Crippen molar-refractivity contribution in [2.45, 2.75) is 32.0 Å². The Bertz CT molecular complexity index is 512. The largest absolute Gasteiger partial charge is 0.418 e. The lowest BCUT2D eigenvalue weighted by molar-refractivity contribution is -0.137. The first kappa shape index (κ1) is 14.6. The third-order valence-corrected chi connectivity index (χ3v) is 3.45. The Hall–Kier alpha value is -1.76. The number of nitrogens with one attached hydrogen (secondary N) is 2. The summed E-state index contributed by atoms with van der Waals surface area (Å²) < 4.78 is 38.6. The number of carbonyl (C=O) groups excluding carboxylic acids is 1. The molecule has 0 radical (unpaired) electrons. The zero-order valence-electron chi connectivity index (χ0n) is 10.9. The highest BCUT2D eigenvalue weighted by Crippen LogP contribution is 2.36. The van der Waals surface area contributed by atoms with Crippen LogP contribution >= 0.6 is 0 Å². The van der Waals surface area contributed by atoms with Gasteiger partial charge in [0, 0.05) is 6.04 Å². The summed E-state index contributed by atoms with van der Waals surface area (Å²) in [5.41, 5.74) is 0.532. The van der Waals surface area contributed by atoms with E-state index < -0.39 is 23.3 Å². The van der Waals surface area contributed by atoms with E-state index in [-0.39, 0.29) is 11.6 Å². The number of hydrogen-bond donors (Lipinski definition) is 3. The fourth-order valence-corrected chi connectivity index (χ4v) is 2.13. The Kier molecular flexibility index (Phi) is 3.89. The van der Waals surface area contributed by atoms with Crippen LogP contribution in [-0.4, -0.2) is 11.9 Å². The second-order valence-electron chi connectivity index (χ2n) is 4.97. The molecule has 2 rings (SSSR count). The highest BCUT2D eigenvalue weighted by molar-refractivity contribution is 6.00. The molecular formula is C13H16F3N3O. The summed E-state index contributed by atoms with van der Waals surface area (Å²) in [5.74, 6) is 5.02. The first-order chi connectivity index (χ1) is 9.34. The minimum Gasteiger partial charge on any atom is -0.349 e. The lowest BCUT2D eigenvalue weighted by Crippen LogP contribution is -2.35. The quantitative estimate of drug-likeness (QED) is 0.589. The summed E-state index contributed by atoms with van der Waals surface area (Å²) in [6.07, 6.45) is -2.50. The fraction of sp³-hybridized carbons (Fsp3) is 0.462. The van der Waals surface area contributed by atoms with Crippen LogP contribution < -0.4 is 16.6 Å². The molecule has 1 aromatic carbocycles. The van der Waals surface area contributed by atoms with Gasteiger partial charge in [-0.05, 0) is 37.8 Å². The van der Waals surface area contributed by atoms with Crippen molar-refractivity contribution in [1.82, 2.24) is 5.32 Å². The third kappa shape index (κ3) is 3.04. The molecule has 1 saturated carbocycles. The first-order valence-electron chi connectivity index (χ1n) is 6.32. The Balaban J connectivity index is 2.28. The average molecular weight is 287 g/mol. The van der Waals surface area contributed by atoms with Gasteiger partial charge in [0.2, 0.25) is 0 Å². The Morgan fingerprint density at radius 2 is 2.05 bits per heavy atom. The second-order valence-corrected chi connectivity index (χ2v) is 4.97. The van der Waals surface area contributed by atoms with Crippen LogP contribution in [0.1, 0.15) is 35.7 Å². The molecule has 1 amide bonds. The lowest BCUT2D eigenvalue weighted by Gasteiger charge is -2.18. The van der Waals surface area contributed by atoms with Crippen molar-refractivity contribution in [1.29, 1.82) is 0 Å². The van der Waals surface area contributed by atoms with Gasteiger partial charge in [0.15, 0.2) is 0 Å². The van der Waals surface area contributed by atoms with Gasteiger partial charge in [-0.2, -0.15) is 13.2 Å². The molecule has 7 heteroatoms. The molecule has 1 aliphatic rings. The topological polar surface area (TPSA) is 67.2 Å². The molecule has 0 bridgehead atoms. The van der Waals surface area contributed by atoms with Crippen molar-refractivity contribution in [2.24, 2.45) is 11.8 Å². The number of alkyl halides is 3. The smallest absolute Gasteiger partial charge is 0.349 e. The molecule has 0 heterocycles. The fourth-order valence-electron chi connectivity index (χ4n) is 2.13. The van der Waals surface area contributed by atoms with E-state index in [0.717, 1.165) is 18.9 Å². The van der Waals surface area contributed by atoms with E-state index >= 15 is 0 Å². The van der Waals surface area contributed by atoms with Crippen LogP contribution in [0.5, 0.6) is 0 Å². The van der Waals surface area contributed by atoms with Crippen molar-refractivity contribution in [3.8, 4) is 0 Å². The zero-order valence-corrected chi connectivity index (χ0v) is 10.9. The summed E-state index contributed by atoms with van der Waals surface area (Å²) >= 11 is 0. The van der Waals surface area contributed by atoms with Crippen LogP contribution in [0, 0.1) is 5.92 Å². The molecule has 0 aliphatic heterocycles. The lowest BCUT2D eigenvalue weighted by atomic mass is 10.1. The Morgan fingerprint density at radius 3 is 2.55 bits per heavy atom. The summed E-state index contributed by atoms with van der Waals surface area (Å²) in [6, 6.07) is 3.35. The number of nitrogen functional groups attached to an aromatic ring is 1. The van der Waals surface area contributed by atoms with Crippen molar-refractivity contribution in [3.05, 3.63) is 29.3 Å². The van der Waals surface area contributed by atoms with E-state index in [2.05, 4.69) is 5.32 Å². The number of halogens is 3. The van der Waals surface area contributed by atoms with Crippen LogP contribution in [-0.2, 0) is 6.18 Å². The van der Waals surface area contributed by atoms with Crippen molar-refractivity contribution < 1.29 is 18.0 Å². The maximum absolute atomic E-state index is 12.9. The molecule has 1 aromatic rings. The highest BCUT2D eigenvalue weighted by atomic mass is 19.4. The van der Waals surface area contributed by atoms with Gasteiger partial charge in [-0.25, -0.2) is 0 Å². The van der Waals surface area contributed by atoms with Gasteiger partial charge >= 0.3 is 6.18 Å². The number of rotatable bonds is 4. The first-order valence-corrected chi connectivity index (χ1v) is 6.32. The van der Waals surface area contributed by atoms with E-state index in [1.54, 1.807) is 0 Å². The van der Waals surface area contributed by atoms with Gasteiger partial charge in [0.25, 0.3) is 5.91 Å². The molecule has 110 valence electrons. The number of carbonyl (C=O) groups is 1. The minimum absolute atomic E-state index is 0.0531. The normalized spacial score (nSPS) is 16.6. The van der Waals surface area contributed by atoms with E-state index in [9.17, 15) is 18.0 Å². The van der Waals surface area contributed by atoms with Gasteiger partial charge in [0.05, 0.1) is 16.8 Å². The van der Waals surface area contributed by atoms with E-state index in [0.29, 0.717) is 5.92 Å². The van der Waals surface area contributed by atoms with Crippen molar-refractivity contribution >= 4 is 11.6 Å². The molecule has 1 unspecified atom stereocenters. The molecular weight excluding hydrogens is 271 g/mol. The maximum Gasteiger partial charge on any atom is 0.418 e. The predicted molar refractivity (Wildman–Crippen MR) is 68.9 cm³/mol. The number of anilines is 1. The highest BCUT2D eigenvalue weighted by Gasteiger charge is 2.36. The number of hydrazine groups is 1. The van der Waals surface area contributed by atoms with Gasteiger partial charge in [-0.3, -0.25) is 10.6 Å². The van der Waals surface area contributed by atoms with Crippen LogP contribution in [0.25, 0.3) is 0 Å². The Labute approximate surface area is 114 Å². The summed E-state index contributed by atoms with van der Waals surface area (Å²) in [7, 11) is 0. The molecule has 20 heavy (non-hydrogen) atoms. The number of nitrogens with two attached hydrogens (primary N) is 1. The SMILES string of the molecule is CC(NC(=O)c1cccc(C(F)(F)F)c1NN)C1CC1. The molecule has 1 fully saturated rings. The van der Waals surface area contributed by atoms with E-state index in [1.807, 2.05) is 12.3 Å². The summed E-state index contributed by atoms with van der Waals surface area (Å²) in [4.78, 5) is 12.1. The van der Waals surface area contributed by atoms with Crippen molar-refractivity contribution in [3.63, 3.8) is 0 Å². The predicted octanol–water partition coefficient (Wildman–Crippen LogP) is 2.52. The van der Waals surface area contributed by atoms with Gasteiger partial charge in [-0.1, -0.05) is 6.07 Å². The van der Waals surface area contributed by atoms with Gasteiger partial charge in [0.1, 0.15) is 0 Å². The number of benzene rings is 1. The molecule has 1 aliphatic carbocycles. The molecule has 4 N–H and O–H groups in total. The molecule has 0 aromatic heterocycles. The maximum atomic E-state index is 12.9. The summed E-state index contributed by atoms with van der Waals surface area (Å²) in [5, 5.41) is 2.71. The monoisotopic (exact) mass is 287 g/mol. The number of amides is 1. The molecule has 0 spiro atoms. The minimum atomic E-state index is -4.57. The standard InChI is InChI=1S/C13H16F3N3O/c1-7(8-5-6-8)18-12(20)9-3-2-4-10(11(9)19-17)13(14,15)16/h2-4,7-8,19H,5-6,17H2,1H3,(H,18,20).